The van der Waals surface area contributed by atoms with Crippen LogP contribution in [0.3, 0.4) is 0 Å². The first kappa shape index (κ1) is 17.2. The van der Waals surface area contributed by atoms with Gasteiger partial charge in [0.15, 0.2) is 0 Å². The summed E-state index contributed by atoms with van der Waals surface area (Å²) in [6.07, 6.45) is 0. The topological polar surface area (TPSA) is 91.8 Å². The summed E-state index contributed by atoms with van der Waals surface area (Å²) in [4.78, 5) is 4.38. The van der Waals surface area contributed by atoms with E-state index in [1.807, 2.05) is 24.3 Å². The molecule has 10 heteroatoms. The van der Waals surface area contributed by atoms with Crippen LogP contribution >= 0.6 is 11.8 Å². The second-order valence-corrected chi connectivity index (χ2v) is 6.33. The molecule has 0 atom stereocenters. The third kappa shape index (κ3) is 3.80. The molecule has 27 heavy (non-hydrogen) atoms. The van der Waals surface area contributed by atoms with Crippen molar-refractivity contribution in [3.8, 4) is 22.8 Å². The minimum Gasteiger partial charge on any atom is -0.497 e. The lowest BCUT2D eigenvalue weighted by atomic mass is 10.2. The number of benzene rings is 2. The van der Waals surface area contributed by atoms with Gasteiger partial charge in [-0.2, -0.15) is 9.67 Å². The van der Waals surface area contributed by atoms with E-state index in [0.29, 0.717) is 34.1 Å². The van der Waals surface area contributed by atoms with Crippen molar-refractivity contribution < 1.29 is 13.7 Å². The van der Waals surface area contributed by atoms with Crippen LogP contribution in [0, 0.1) is 5.82 Å². The molecule has 4 rings (SSSR count). The van der Waals surface area contributed by atoms with Crippen LogP contribution in [0.1, 0.15) is 5.89 Å². The molecule has 0 saturated carbocycles. The fraction of sp³-hybridized carbons (Fsp3) is 0.118. The number of hydrogen-bond acceptors (Lipinski definition) is 8. The van der Waals surface area contributed by atoms with Crippen molar-refractivity contribution in [1.29, 1.82) is 0 Å². The van der Waals surface area contributed by atoms with Gasteiger partial charge in [-0.15, -0.1) is 5.10 Å². The third-order valence-electron chi connectivity index (χ3n) is 3.61. The number of tetrazole rings is 1. The molecule has 136 valence electrons. The Hall–Kier alpha value is -3.27. The normalized spacial score (nSPS) is 10.9. The number of rotatable bonds is 6. The summed E-state index contributed by atoms with van der Waals surface area (Å²) in [6.45, 7) is 0. The molecule has 4 aromatic rings. The van der Waals surface area contributed by atoms with E-state index in [0.717, 1.165) is 5.56 Å². The molecule has 8 nitrogen and oxygen atoms in total. The Morgan fingerprint density at radius 3 is 2.93 bits per heavy atom. The molecule has 0 fully saturated rings. The van der Waals surface area contributed by atoms with Gasteiger partial charge in [-0.1, -0.05) is 35.1 Å². The number of halogens is 1. The molecule has 0 aliphatic carbocycles. The summed E-state index contributed by atoms with van der Waals surface area (Å²) in [5, 5.41) is 16.0. The van der Waals surface area contributed by atoms with Crippen LogP contribution in [0.4, 0.5) is 4.39 Å². The molecule has 0 amide bonds. The van der Waals surface area contributed by atoms with E-state index in [4.69, 9.17) is 9.26 Å². The largest absolute Gasteiger partial charge is 0.497 e. The molecule has 0 saturated heterocycles. The fourth-order valence-electron chi connectivity index (χ4n) is 2.36. The Labute approximate surface area is 157 Å². The summed E-state index contributed by atoms with van der Waals surface area (Å²) in [5.41, 5.74) is 1.32. The van der Waals surface area contributed by atoms with Gasteiger partial charge in [0.05, 0.1) is 18.6 Å². The monoisotopic (exact) mass is 384 g/mol. The predicted octanol–water partition coefficient (Wildman–Crippen LogP) is 3.15. The van der Waals surface area contributed by atoms with E-state index in [1.165, 1.54) is 28.6 Å². The molecule has 0 N–H and O–H groups in total. The van der Waals surface area contributed by atoms with Crippen molar-refractivity contribution in [2.75, 3.05) is 7.11 Å². The van der Waals surface area contributed by atoms with Crippen molar-refractivity contribution in [2.24, 2.45) is 0 Å². The molecule has 0 aliphatic rings. The molecule has 0 radical (unpaired) electrons. The van der Waals surface area contributed by atoms with Gasteiger partial charge in [0.1, 0.15) is 11.6 Å². The lowest BCUT2D eigenvalue weighted by molar-refractivity contribution is 0.391. The van der Waals surface area contributed by atoms with Crippen LogP contribution in [0.2, 0.25) is 0 Å². The predicted molar refractivity (Wildman–Crippen MR) is 95.0 cm³/mol. The summed E-state index contributed by atoms with van der Waals surface area (Å²) < 4.78 is 25.4. The third-order valence-corrected chi connectivity index (χ3v) is 4.52. The maximum atomic E-state index is 13.4. The van der Waals surface area contributed by atoms with E-state index in [2.05, 4.69) is 25.7 Å². The molecule has 2 heterocycles. The number of methoxy groups -OCH3 is 1. The quantitative estimate of drug-likeness (QED) is 0.468. The van der Waals surface area contributed by atoms with Crippen LogP contribution in [-0.2, 0) is 5.75 Å². The average Bonchev–Trinajstić information content (AvgIpc) is 3.36. The lowest BCUT2D eigenvalue weighted by Gasteiger charge is -2.02. The van der Waals surface area contributed by atoms with Gasteiger partial charge < -0.3 is 9.26 Å². The van der Waals surface area contributed by atoms with E-state index >= 15 is 0 Å². The molecule has 0 aliphatic heterocycles. The summed E-state index contributed by atoms with van der Waals surface area (Å²) in [6, 6.07) is 13.4. The molecule has 2 aromatic heterocycles. The first-order valence-corrected chi connectivity index (χ1v) is 8.85. The van der Waals surface area contributed by atoms with Crippen LogP contribution in [-0.4, -0.2) is 37.5 Å². The van der Waals surface area contributed by atoms with Gasteiger partial charge in [-0.25, -0.2) is 4.39 Å². The van der Waals surface area contributed by atoms with Crippen LogP contribution < -0.4 is 4.74 Å². The Morgan fingerprint density at radius 2 is 2.07 bits per heavy atom. The van der Waals surface area contributed by atoms with Gasteiger partial charge in [-0.05, 0) is 40.8 Å². The zero-order chi connectivity index (χ0) is 18.6. The minimum absolute atomic E-state index is 0.362. The smallest absolute Gasteiger partial charge is 0.237 e. The fourth-order valence-corrected chi connectivity index (χ4v) is 3.09. The molecular formula is C17H13FN6O2S. The molecule has 0 unspecified atom stereocenters. The van der Waals surface area contributed by atoms with Crippen molar-refractivity contribution in [3.63, 3.8) is 0 Å². The minimum atomic E-state index is -0.362. The highest BCUT2D eigenvalue weighted by atomic mass is 32.2. The molecule has 2 aromatic carbocycles. The number of hydrogen-bond donors (Lipinski definition) is 0. The van der Waals surface area contributed by atoms with Crippen molar-refractivity contribution in [3.05, 3.63) is 60.2 Å². The summed E-state index contributed by atoms with van der Waals surface area (Å²) in [5.74, 6) is 1.61. The first-order chi connectivity index (χ1) is 13.2. The summed E-state index contributed by atoms with van der Waals surface area (Å²) >= 11 is 1.31. The average molecular weight is 384 g/mol. The van der Waals surface area contributed by atoms with Gasteiger partial charge >= 0.3 is 0 Å². The Balaban J connectivity index is 1.49. The highest BCUT2D eigenvalue weighted by Crippen LogP contribution is 2.25. The number of thioether (sulfide) groups is 1. The SMILES string of the molecule is COc1cccc(-c2noc(CSc3nnnn3-c3cccc(F)c3)n2)c1. The second kappa shape index (κ2) is 7.54. The van der Waals surface area contributed by atoms with Crippen molar-refractivity contribution in [2.45, 2.75) is 10.9 Å². The zero-order valence-electron chi connectivity index (χ0n) is 14.1. The zero-order valence-corrected chi connectivity index (χ0v) is 14.9. The van der Waals surface area contributed by atoms with E-state index < -0.39 is 0 Å². The van der Waals surface area contributed by atoms with Gasteiger partial charge in [0, 0.05) is 5.56 Å². The number of nitrogens with zero attached hydrogens (tertiary/aromatic N) is 6. The van der Waals surface area contributed by atoms with E-state index in [-0.39, 0.29) is 5.82 Å². The van der Waals surface area contributed by atoms with Crippen LogP contribution in [0.5, 0.6) is 5.75 Å². The summed E-state index contributed by atoms with van der Waals surface area (Å²) in [7, 11) is 1.60. The highest BCUT2D eigenvalue weighted by Gasteiger charge is 2.14. The Morgan fingerprint density at radius 1 is 1.19 bits per heavy atom. The van der Waals surface area contributed by atoms with E-state index in [1.54, 1.807) is 19.2 Å². The van der Waals surface area contributed by atoms with Crippen LogP contribution in [0.25, 0.3) is 17.1 Å². The van der Waals surface area contributed by atoms with Crippen LogP contribution in [0.15, 0.2) is 58.2 Å². The Bertz CT molecular complexity index is 1070. The lowest BCUT2D eigenvalue weighted by Crippen LogP contribution is -1.99. The maximum Gasteiger partial charge on any atom is 0.237 e. The number of aromatic nitrogens is 6. The molecular weight excluding hydrogens is 371 g/mol. The maximum absolute atomic E-state index is 13.4. The van der Waals surface area contributed by atoms with Crippen molar-refractivity contribution >= 4 is 11.8 Å². The standard InChI is InChI=1S/C17H13FN6O2S/c1-25-14-7-2-4-11(8-14)16-19-15(26-21-16)10-27-17-20-22-23-24(17)13-6-3-5-12(18)9-13/h2-9H,10H2,1H3. The second-order valence-electron chi connectivity index (χ2n) is 5.39. The highest BCUT2D eigenvalue weighted by molar-refractivity contribution is 7.98. The van der Waals surface area contributed by atoms with E-state index in [9.17, 15) is 4.39 Å². The molecule has 0 bridgehead atoms. The van der Waals surface area contributed by atoms with Gasteiger partial charge in [0.2, 0.25) is 16.9 Å². The van der Waals surface area contributed by atoms with Gasteiger partial charge in [0.25, 0.3) is 0 Å². The molecule has 0 spiro atoms. The van der Waals surface area contributed by atoms with Gasteiger partial charge in [-0.3, -0.25) is 0 Å². The first-order valence-electron chi connectivity index (χ1n) is 7.87. The van der Waals surface area contributed by atoms with Crippen molar-refractivity contribution in [1.82, 2.24) is 30.3 Å². The number of ether oxygens (including phenoxy) is 1. The Kier molecular flexibility index (Phi) is 4.79.